The number of anilines is 2. The normalized spacial score (nSPS) is 19.5. The highest BCUT2D eigenvalue weighted by Crippen LogP contribution is 2.32. The van der Waals surface area contributed by atoms with Crippen LogP contribution in [0, 0.1) is 0 Å². The molecule has 7 aromatic rings. The summed E-state index contributed by atoms with van der Waals surface area (Å²) in [6, 6.07) is 26.4. The number of hydrogen-bond donors (Lipinski definition) is 2. The Morgan fingerprint density at radius 1 is 0.672 bits per heavy atom. The van der Waals surface area contributed by atoms with E-state index in [1.54, 1.807) is 24.6 Å². The second kappa shape index (κ2) is 18.0. The van der Waals surface area contributed by atoms with Gasteiger partial charge in [0.2, 0.25) is 0 Å². The predicted octanol–water partition coefficient (Wildman–Crippen LogP) is 9.47. The number of carbonyl (C=O) groups is 1. The fourth-order valence-corrected chi connectivity index (χ4v) is 9.27. The van der Waals surface area contributed by atoms with Gasteiger partial charge in [-0.2, -0.15) is 10.2 Å². The molecule has 64 heavy (non-hydrogen) atoms. The number of amides is 1. The molecule has 0 radical (unpaired) electrons. The lowest BCUT2D eigenvalue weighted by Gasteiger charge is -2.45. The number of rotatable bonds is 6. The first-order valence-corrected chi connectivity index (χ1v) is 22.8. The quantitative estimate of drug-likeness (QED) is 0.167. The fourth-order valence-electron chi connectivity index (χ4n) is 8.89. The Bertz CT molecular complexity index is 2720. The number of nitrogens with zero attached hydrogens (tertiary/aromatic N) is 9. The molecule has 14 heteroatoms. The van der Waals surface area contributed by atoms with Crippen LogP contribution in [0.25, 0.3) is 44.7 Å². The Kier molecular flexibility index (Phi) is 12.6. The largest absolute Gasteiger partial charge is 0.444 e. The summed E-state index contributed by atoms with van der Waals surface area (Å²) < 4.78 is 10.0. The molecule has 2 fully saturated rings. The van der Waals surface area contributed by atoms with Gasteiger partial charge in [-0.05, 0) is 131 Å². The third-order valence-electron chi connectivity index (χ3n) is 11.9. The van der Waals surface area contributed by atoms with Crippen LogP contribution in [0.3, 0.4) is 0 Å². The molecule has 13 nitrogen and oxygen atoms in total. The molecule has 2 aliphatic rings. The summed E-state index contributed by atoms with van der Waals surface area (Å²) in [6.07, 6.45) is 11.1. The fraction of sp³-hybridized carbons (Fsp3) is 0.380. The molecule has 0 aliphatic carbocycles. The minimum absolute atomic E-state index is 0.182. The van der Waals surface area contributed by atoms with Crippen molar-refractivity contribution in [2.24, 2.45) is 0 Å². The average molecular weight is 928 g/mol. The van der Waals surface area contributed by atoms with Gasteiger partial charge in [0, 0.05) is 103 Å². The van der Waals surface area contributed by atoms with Crippen LogP contribution in [0.1, 0.15) is 67.9 Å². The smallest absolute Gasteiger partial charge is 0.410 e. The van der Waals surface area contributed by atoms with Gasteiger partial charge in [-0.3, -0.25) is 0 Å². The summed E-state index contributed by atoms with van der Waals surface area (Å²) in [7, 11) is 0. The van der Waals surface area contributed by atoms with Crippen LogP contribution in [0.4, 0.5) is 16.2 Å². The zero-order chi connectivity index (χ0) is 45.5. The summed E-state index contributed by atoms with van der Waals surface area (Å²) in [5.41, 5.74) is 9.64. The molecule has 1 amide bonds. The second-order valence-electron chi connectivity index (χ2n) is 18.8. The van der Waals surface area contributed by atoms with Crippen LogP contribution < -0.4 is 15.1 Å². The first-order chi connectivity index (χ1) is 30.4. The van der Waals surface area contributed by atoms with Gasteiger partial charge in [-0.25, -0.2) is 23.8 Å². The van der Waals surface area contributed by atoms with Gasteiger partial charge in [0.15, 0.2) is 11.3 Å². The molecule has 0 spiro atoms. The minimum atomic E-state index is -0.897. The summed E-state index contributed by atoms with van der Waals surface area (Å²) in [5.74, 6) is 0. The van der Waals surface area contributed by atoms with E-state index in [1.165, 1.54) is 5.69 Å². The number of hydrogen-bond acceptors (Lipinski definition) is 10. The van der Waals surface area contributed by atoms with Crippen LogP contribution in [0.2, 0.25) is 0 Å². The van der Waals surface area contributed by atoms with Gasteiger partial charge >= 0.3 is 6.09 Å². The number of aromatic nitrogens is 6. The molecule has 2 saturated heterocycles. The Labute approximate surface area is 384 Å². The monoisotopic (exact) mass is 926 g/mol. The maximum absolute atomic E-state index is 12.5. The van der Waals surface area contributed by atoms with Crippen molar-refractivity contribution in [3.05, 3.63) is 120 Å². The van der Waals surface area contributed by atoms with E-state index in [0.717, 1.165) is 73.5 Å². The number of benzene rings is 3. The van der Waals surface area contributed by atoms with Gasteiger partial charge in [0.05, 0.1) is 22.5 Å². The Morgan fingerprint density at radius 3 is 1.73 bits per heavy atom. The molecule has 4 aromatic heterocycles. The van der Waals surface area contributed by atoms with E-state index in [9.17, 15) is 9.90 Å². The number of fused-ring (bicyclic) bond motifs is 2. The average Bonchev–Trinajstić information content (AvgIpc) is 3.86. The third kappa shape index (κ3) is 9.64. The molecule has 9 rings (SSSR count). The summed E-state index contributed by atoms with van der Waals surface area (Å²) in [5, 5.41) is 22.7. The highest BCUT2D eigenvalue weighted by Gasteiger charge is 2.34. The van der Waals surface area contributed by atoms with Crippen molar-refractivity contribution in [3.8, 4) is 33.4 Å². The maximum Gasteiger partial charge on any atom is 0.410 e. The number of nitrogens with one attached hydrogen (secondary N) is 1. The van der Waals surface area contributed by atoms with E-state index in [0.29, 0.717) is 25.2 Å². The van der Waals surface area contributed by atoms with Gasteiger partial charge in [0.25, 0.3) is 0 Å². The molecule has 2 N–H and O–H groups in total. The van der Waals surface area contributed by atoms with Gasteiger partial charge in [-0.1, -0.05) is 42.5 Å². The SMILES string of the molecule is C[C@@H]1CN(C(=O)OC(C)(C)C)C[C@H](C)N1c1ccc(-c2cnc3c(Br)cnn3c2)cc1.C[C@@H]1CNC[C@H](C)N1c1ccc(-c2cnc3c(-c4cccc(C(C)(C)O)c4)cnn3c2)cc1. The van der Waals surface area contributed by atoms with E-state index in [1.807, 2.05) is 85.4 Å². The van der Waals surface area contributed by atoms with E-state index >= 15 is 0 Å². The van der Waals surface area contributed by atoms with Gasteiger partial charge < -0.3 is 29.9 Å². The summed E-state index contributed by atoms with van der Waals surface area (Å²) in [4.78, 5) is 28.4. The van der Waals surface area contributed by atoms with Crippen LogP contribution >= 0.6 is 15.9 Å². The van der Waals surface area contributed by atoms with Gasteiger partial charge in [-0.15, -0.1) is 0 Å². The molecule has 0 unspecified atom stereocenters. The number of ether oxygens (including phenoxy) is 1. The molecule has 6 heterocycles. The Balaban J connectivity index is 0.000000175. The van der Waals surface area contributed by atoms with Crippen LogP contribution in [0.15, 0.2) is 114 Å². The molecule has 3 aromatic carbocycles. The lowest BCUT2D eigenvalue weighted by Crippen LogP contribution is -2.58. The molecule has 4 atom stereocenters. The van der Waals surface area contributed by atoms with E-state index in [4.69, 9.17) is 9.72 Å². The van der Waals surface area contributed by atoms with Crippen molar-refractivity contribution < 1.29 is 14.6 Å². The summed E-state index contributed by atoms with van der Waals surface area (Å²) >= 11 is 3.46. The van der Waals surface area contributed by atoms with Crippen molar-refractivity contribution in [1.82, 2.24) is 39.4 Å². The zero-order valence-electron chi connectivity index (χ0n) is 38.2. The molecule has 0 bridgehead atoms. The predicted molar refractivity (Wildman–Crippen MR) is 259 cm³/mol. The standard InChI is InChI=1S/C27H31N5O.C23H28BrN5O2/c1-18-13-28-14-19(2)32(18)24-10-8-20(9-11-24)22-15-29-26-25(16-30-31(26)17-22)21-6-5-7-23(12-21)27(3,4)33;1-15-12-27(22(30)31-23(3,4)5)13-16(2)29(15)19-8-6-17(7-9-19)18-10-25-21-20(24)11-26-28(21)14-18/h5-12,15-19,28,33H,13-14H2,1-4H3;6-11,14-16H,12-13H2,1-5H3/t18-,19+;15-,16+. The van der Waals surface area contributed by atoms with E-state index in [2.05, 4.69) is 122 Å². The molecule has 0 saturated carbocycles. The van der Waals surface area contributed by atoms with Crippen molar-refractivity contribution in [1.29, 1.82) is 0 Å². The van der Waals surface area contributed by atoms with E-state index in [-0.39, 0.29) is 18.2 Å². The highest BCUT2D eigenvalue weighted by molar-refractivity contribution is 9.10. The van der Waals surface area contributed by atoms with Crippen molar-refractivity contribution in [2.45, 2.75) is 97.7 Å². The van der Waals surface area contributed by atoms with E-state index < -0.39 is 11.2 Å². The number of carbonyl (C=O) groups excluding carboxylic acids is 1. The zero-order valence-corrected chi connectivity index (χ0v) is 39.8. The molecule has 2 aliphatic heterocycles. The Morgan fingerprint density at radius 2 is 1.19 bits per heavy atom. The second-order valence-corrected chi connectivity index (χ2v) is 19.6. The highest BCUT2D eigenvalue weighted by atomic mass is 79.9. The molecular weight excluding hydrogens is 869 g/mol. The Hall–Kier alpha value is -5.83. The van der Waals surface area contributed by atoms with Crippen LogP contribution in [0.5, 0.6) is 0 Å². The van der Waals surface area contributed by atoms with Crippen LogP contribution in [-0.2, 0) is 10.3 Å². The lowest BCUT2D eigenvalue weighted by molar-refractivity contribution is 0.0193. The number of aliphatic hydroxyl groups is 1. The van der Waals surface area contributed by atoms with Crippen LogP contribution in [-0.4, -0.2) is 101 Å². The van der Waals surface area contributed by atoms with Crippen molar-refractivity contribution >= 4 is 44.7 Å². The number of halogens is 1. The first kappa shape index (κ1) is 44.8. The third-order valence-corrected chi connectivity index (χ3v) is 12.5. The minimum Gasteiger partial charge on any atom is -0.444 e. The first-order valence-electron chi connectivity index (χ1n) is 22.1. The summed E-state index contributed by atoms with van der Waals surface area (Å²) in [6.45, 7) is 21.4. The topological polar surface area (TPSA) is 129 Å². The van der Waals surface area contributed by atoms with Crippen molar-refractivity contribution in [3.63, 3.8) is 0 Å². The number of piperazine rings is 2. The van der Waals surface area contributed by atoms with Crippen molar-refractivity contribution in [2.75, 3.05) is 36.0 Å². The molecule has 334 valence electrons. The lowest BCUT2D eigenvalue weighted by atomic mass is 9.95. The molecular formula is C50H59BrN10O3. The maximum atomic E-state index is 12.5. The van der Waals surface area contributed by atoms with Gasteiger partial charge in [0.1, 0.15) is 5.60 Å².